The van der Waals surface area contributed by atoms with E-state index in [2.05, 4.69) is 20.8 Å². The molecule has 124 valence electrons. The fourth-order valence-electron chi connectivity index (χ4n) is 2.10. The van der Waals surface area contributed by atoms with E-state index >= 15 is 0 Å². The Morgan fingerprint density at radius 1 is 1.26 bits per heavy atom. The predicted octanol–water partition coefficient (Wildman–Crippen LogP) is 2.08. The molecule has 7 heteroatoms. The molecule has 0 radical (unpaired) electrons. The molecule has 23 heavy (non-hydrogen) atoms. The van der Waals surface area contributed by atoms with Crippen molar-refractivity contribution in [3.63, 3.8) is 0 Å². The Hall–Kier alpha value is -2.57. The number of carbonyl (C=O) groups is 1. The van der Waals surface area contributed by atoms with Crippen LogP contribution in [-0.4, -0.2) is 26.9 Å². The van der Waals surface area contributed by atoms with Gasteiger partial charge >= 0.3 is 6.03 Å². The van der Waals surface area contributed by atoms with Gasteiger partial charge in [0, 0.05) is 18.7 Å². The Kier molecular flexibility index (Phi) is 5.96. The van der Waals surface area contributed by atoms with Crippen LogP contribution in [-0.2, 0) is 19.6 Å². The van der Waals surface area contributed by atoms with E-state index in [0.717, 1.165) is 23.7 Å². The number of aromatic nitrogens is 3. The summed E-state index contributed by atoms with van der Waals surface area (Å²) in [6.07, 6.45) is 1.74. The number of nitrogens with one attached hydrogen (secondary N) is 2. The van der Waals surface area contributed by atoms with Crippen molar-refractivity contribution in [1.29, 1.82) is 0 Å². The summed E-state index contributed by atoms with van der Waals surface area (Å²) in [5.41, 5.74) is 0.938. The van der Waals surface area contributed by atoms with Crippen molar-refractivity contribution < 1.29 is 9.53 Å². The van der Waals surface area contributed by atoms with Gasteiger partial charge in [-0.1, -0.05) is 18.2 Å². The van der Waals surface area contributed by atoms with Gasteiger partial charge in [0.2, 0.25) is 0 Å². The molecule has 2 rings (SSSR count). The number of nitrogens with zero attached hydrogens (tertiary/aromatic N) is 3. The van der Waals surface area contributed by atoms with Crippen molar-refractivity contribution in [3.8, 4) is 5.75 Å². The number of hydrogen-bond acceptors (Lipinski definition) is 4. The van der Waals surface area contributed by atoms with Gasteiger partial charge < -0.3 is 19.9 Å². The van der Waals surface area contributed by atoms with E-state index in [1.54, 1.807) is 6.33 Å². The summed E-state index contributed by atoms with van der Waals surface area (Å²) in [5.74, 6) is 1.51. The molecule has 1 aromatic heterocycles. The molecule has 0 atom stereocenters. The standard InChI is InChI=1S/C16H23N5O2/c1-4-21-11-19-20-15(21)10-18-16(22)17-9-13-7-5-6-8-14(13)23-12(2)3/h5-8,11-12H,4,9-10H2,1-3H3,(H2,17,18,22). The Balaban J connectivity index is 1.85. The molecule has 7 nitrogen and oxygen atoms in total. The Labute approximate surface area is 136 Å². The van der Waals surface area contributed by atoms with Crippen molar-refractivity contribution in [1.82, 2.24) is 25.4 Å². The third-order valence-electron chi connectivity index (χ3n) is 3.22. The molecular formula is C16H23N5O2. The second kappa shape index (κ2) is 8.17. The van der Waals surface area contributed by atoms with E-state index < -0.39 is 0 Å². The molecule has 2 N–H and O–H groups in total. The summed E-state index contributed by atoms with van der Waals surface area (Å²) < 4.78 is 7.61. The summed E-state index contributed by atoms with van der Waals surface area (Å²) in [6.45, 7) is 7.45. The lowest BCUT2D eigenvalue weighted by molar-refractivity contribution is 0.235. The molecule has 0 bridgehead atoms. The van der Waals surface area contributed by atoms with Gasteiger partial charge in [-0.3, -0.25) is 0 Å². The highest BCUT2D eigenvalue weighted by Crippen LogP contribution is 2.18. The Morgan fingerprint density at radius 3 is 2.74 bits per heavy atom. The quantitative estimate of drug-likeness (QED) is 0.819. The zero-order valence-corrected chi connectivity index (χ0v) is 13.7. The largest absolute Gasteiger partial charge is 0.491 e. The van der Waals surface area contributed by atoms with Crippen LogP contribution in [0.4, 0.5) is 4.79 Å². The lowest BCUT2D eigenvalue weighted by Gasteiger charge is -2.14. The predicted molar refractivity (Wildman–Crippen MR) is 87.0 cm³/mol. The zero-order chi connectivity index (χ0) is 16.7. The smallest absolute Gasteiger partial charge is 0.315 e. The van der Waals surface area contributed by atoms with E-state index in [1.165, 1.54) is 0 Å². The third kappa shape index (κ3) is 4.98. The molecule has 2 aromatic rings. The van der Waals surface area contributed by atoms with Gasteiger partial charge in [0.05, 0.1) is 12.6 Å². The Bertz CT molecular complexity index is 639. The summed E-state index contributed by atoms with van der Waals surface area (Å²) in [4.78, 5) is 11.9. The second-order valence-corrected chi connectivity index (χ2v) is 5.34. The fraction of sp³-hybridized carbons (Fsp3) is 0.438. The van der Waals surface area contributed by atoms with Crippen LogP contribution < -0.4 is 15.4 Å². The van der Waals surface area contributed by atoms with Crippen LogP contribution in [0.1, 0.15) is 32.2 Å². The average Bonchev–Trinajstić information content (AvgIpc) is 2.99. The fourth-order valence-corrected chi connectivity index (χ4v) is 2.10. The highest BCUT2D eigenvalue weighted by molar-refractivity contribution is 5.73. The maximum atomic E-state index is 11.9. The lowest BCUT2D eigenvalue weighted by atomic mass is 10.2. The minimum Gasteiger partial charge on any atom is -0.491 e. The van der Waals surface area contributed by atoms with E-state index in [4.69, 9.17) is 4.74 Å². The molecule has 1 aromatic carbocycles. The first-order valence-corrected chi connectivity index (χ1v) is 7.73. The van der Waals surface area contributed by atoms with Gasteiger partial charge in [-0.15, -0.1) is 10.2 Å². The molecule has 0 aliphatic heterocycles. The topological polar surface area (TPSA) is 81.1 Å². The first-order valence-electron chi connectivity index (χ1n) is 7.73. The highest BCUT2D eigenvalue weighted by atomic mass is 16.5. The summed E-state index contributed by atoms with van der Waals surface area (Å²) in [6, 6.07) is 7.42. The summed E-state index contributed by atoms with van der Waals surface area (Å²) in [7, 11) is 0. The maximum Gasteiger partial charge on any atom is 0.315 e. The van der Waals surface area contributed by atoms with Crippen LogP contribution in [0.5, 0.6) is 5.75 Å². The second-order valence-electron chi connectivity index (χ2n) is 5.34. The minimum absolute atomic E-state index is 0.0883. The van der Waals surface area contributed by atoms with Crippen molar-refractivity contribution in [2.45, 2.75) is 46.5 Å². The number of para-hydroxylation sites is 1. The van der Waals surface area contributed by atoms with Gasteiger partial charge in [0.1, 0.15) is 12.1 Å². The first-order chi connectivity index (χ1) is 11.1. The number of ether oxygens (including phenoxy) is 1. The first kappa shape index (κ1) is 16.8. The van der Waals surface area contributed by atoms with E-state index in [0.29, 0.717) is 13.1 Å². The van der Waals surface area contributed by atoms with Crippen LogP contribution in [0.3, 0.4) is 0 Å². The molecule has 0 saturated carbocycles. The number of hydrogen-bond donors (Lipinski definition) is 2. The molecule has 0 unspecified atom stereocenters. The third-order valence-corrected chi connectivity index (χ3v) is 3.22. The van der Waals surface area contributed by atoms with Crippen molar-refractivity contribution in [2.75, 3.05) is 0 Å². The van der Waals surface area contributed by atoms with Crippen LogP contribution >= 0.6 is 0 Å². The van der Waals surface area contributed by atoms with Gasteiger partial charge in [-0.2, -0.15) is 0 Å². The molecule has 1 heterocycles. The molecule has 2 amide bonds. The number of rotatable bonds is 7. The molecule has 0 spiro atoms. The number of benzene rings is 1. The molecule has 0 aliphatic carbocycles. The van der Waals surface area contributed by atoms with Gasteiger partial charge in [-0.05, 0) is 26.8 Å². The average molecular weight is 317 g/mol. The molecule has 0 fully saturated rings. The highest BCUT2D eigenvalue weighted by Gasteiger charge is 2.08. The van der Waals surface area contributed by atoms with E-state index in [9.17, 15) is 4.79 Å². The number of urea groups is 1. The maximum absolute atomic E-state index is 11.9. The van der Waals surface area contributed by atoms with Crippen molar-refractivity contribution in [2.24, 2.45) is 0 Å². The van der Waals surface area contributed by atoms with Crippen LogP contribution in [0, 0.1) is 0 Å². The van der Waals surface area contributed by atoms with Gasteiger partial charge in [-0.25, -0.2) is 4.79 Å². The van der Waals surface area contributed by atoms with Crippen molar-refractivity contribution >= 4 is 6.03 Å². The lowest BCUT2D eigenvalue weighted by Crippen LogP contribution is -2.35. The SMILES string of the molecule is CCn1cnnc1CNC(=O)NCc1ccccc1OC(C)C. The molecule has 0 saturated heterocycles. The number of carbonyl (C=O) groups excluding carboxylic acids is 1. The van der Waals surface area contributed by atoms with Crippen LogP contribution in [0.25, 0.3) is 0 Å². The van der Waals surface area contributed by atoms with Crippen molar-refractivity contribution in [3.05, 3.63) is 42.0 Å². The minimum atomic E-state index is -0.255. The zero-order valence-electron chi connectivity index (χ0n) is 13.7. The van der Waals surface area contributed by atoms with E-state index in [1.807, 2.05) is 49.6 Å². The van der Waals surface area contributed by atoms with Crippen LogP contribution in [0.15, 0.2) is 30.6 Å². The molecule has 0 aliphatic rings. The Morgan fingerprint density at radius 2 is 2.00 bits per heavy atom. The van der Waals surface area contributed by atoms with Gasteiger partial charge in [0.25, 0.3) is 0 Å². The van der Waals surface area contributed by atoms with Crippen LogP contribution in [0.2, 0.25) is 0 Å². The number of aryl methyl sites for hydroxylation is 1. The monoisotopic (exact) mass is 317 g/mol. The normalized spacial score (nSPS) is 10.6. The summed E-state index contributed by atoms with van der Waals surface area (Å²) >= 11 is 0. The molecular weight excluding hydrogens is 294 g/mol. The summed E-state index contributed by atoms with van der Waals surface area (Å²) in [5, 5.41) is 13.4. The van der Waals surface area contributed by atoms with Gasteiger partial charge in [0.15, 0.2) is 5.82 Å². The number of amides is 2. The van der Waals surface area contributed by atoms with E-state index in [-0.39, 0.29) is 12.1 Å².